The van der Waals surface area contributed by atoms with Crippen molar-refractivity contribution < 1.29 is 13.9 Å². The number of benzene rings is 2. The Balaban J connectivity index is 1.27. The summed E-state index contributed by atoms with van der Waals surface area (Å²) in [5.41, 5.74) is 1.78. The maximum Gasteiger partial charge on any atom is 0.248 e. The van der Waals surface area contributed by atoms with Gasteiger partial charge in [-0.1, -0.05) is 129 Å². The fraction of sp³-hybridized carbons (Fsp3) is 0.632. The van der Waals surface area contributed by atoms with Gasteiger partial charge in [0.25, 0.3) is 0 Å². The summed E-state index contributed by atoms with van der Waals surface area (Å²) in [5.74, 6) is 2.79. The first-order valence-corrected chi connectivity index (χ1v) is 17.6. The Morgan fingerprint density at radius 1 is 0.419 bits per heavy atom. The van der Waals surface area contributed by atoms with E-state index in [1.54, 1.807) is 0 Å². The highest BCUT2D eigenvalue weighted by Gasteiger charge is 2.11. The van der Waals surface area contributed by atoms with Crippen molar-refractivity contribution in [3.8, 4) is 34.4 Å². The molecule has 5 heteroatoms. The summed E-state index contributed by atoms with van der Waals surface area (Å²) in [7, 11) is 0. The molecule has 0 aliphatic rings. The molecule has 0 unspecified atom stereocenters. The largest absolute Gasteiger partial charge is 0.494 e. The van der Waals surface area contributed by atoms with Crippen LogP contribution in [0, 0.1) is 0 Å². The minimum atomic E-state index is 0.512. The Morgan fingerprint density at radius 2 is 0.721 bits per heavy atom. The molecule has 5 nitrogen and oxygen atoms in total. The molecule has 0 aliphatic carbocycles. The summed E-state index contributed by atoms with van der Waals surface area (Å²) in [4.78, 5) is 0. The molecule has 1 aromatic heterocycles. The van der Waals surface area contributed by atoms with Crippen LogP contribution in [0.2, 0.25) is 0 Å². The van der Waals surface area contributed by atoms with Gasteiger partial charge in [0, 0.05) is 11.1 Å². The molecule has 0 fully saturated rings. The molecule has 0 N–H and O–H groups in total. The zero-order valence-electron chi connectivity index (χ0n) is 27.3. The van der Waals surface area contributed by atoms with Crippen molar-refractivity contribution in [3.05, 3.63) is 48.5 Å². The van der Waals surface area contributed by atoms with E-state index in [1.807, 2.05) is 48.5 Å². The summed E-state index contributed by atoms with van der Waals surface area (Å²) in [5, 5.41) is 8.53. The van der Waals surface area contributed by atoms with E-state index in [-0.39, 0.29) is 0 Å². The fourth-order valence-electron chi connectivity index (χ4n) is 5.40. The van der Waals surface area contributed by atoms with Gasteiger partial charge in [0.05, 0.1) is 13.2 Å². The Morgan fingerprint density at radius 3 is 1.05 bits per heavy atom. The molecule has 2 aromatic carbocycles. The highest BCUT2D eigenvalue weighted by Crippen LogP contribution is 2.27. The van der Waals surface area contributed by atoms with Gasteiger partial charge in [0.1, 0.15) is 11.5 Å². The van der Waals surface area contributed by atoms with Crippen molar-refractivity contribution in [1.82, 2.24) is 10.2 Å². The minimum absolute atomic E-state index is 0.512. The van der Waals surface area contributed by atoms with Gasteiger partial charge >= 0.3 is 0 Å². The van der Waals surface area contributed by atoms with Crippen LogP contribution < -0.4 is 9.47 Å². The molecule has 3 aromatic rings. The topological polar surface area (TPSA) is 57.4 Å². The van der Waals surface area contributed by atoms with E-state index in [4.69, 9.17) is 13.9 Å². The normalized spacial score (nSPS) is 11.2. The number of ether oxygens (including phenoxy) is 2. The van der Waals surface area contributed by atoms with Crippen molar-refractivity contribution in [2.24, 2.45) is 0 Å². The molecule has 43 heavy (non-hydrogen) atoms. The summed E-state index contributed by atoms with van der Waals surface area (Å²) in [6.07, 6.45) is 26.6. The molecular weight excluding hydrogens is 532 g/mol. The Bertz CT molecular complexity index is 978. The van der Waals surface area contributed by atoms with Gasteiger partial charge in [-0.3, -0.25) is 0 Å². The molecule has 0 atom stereocenters. The van der Waals surface area contributed by atoms with E-state index in [0.29, 0.717) is 11.8 Å². The van der Waals surface area contributed by atoms with Crippen LogP contribution in [0.1, 0.15) is 142 Å². The van der Waals surface area contributed by atoms with Crippen LogP contribution in [0.25, 0.3) is 22.9 Å². The predicted octanol–water partition coefficient (Wildman–Crippen LogP) is 12.0. The van der Waals surface area contributed by atoms with Gasteiger partial charge in [-0.2, -0.15) is 0 Å². The highest BCUT2D eigenvalue weighted by atomic mass is 16.5. The van der Waals surface area contributed by atoms with Crippen LogP contribution in [0.5, 0.6) is 11.5 Å². The molecule has 0 saturated carbocycles. The molecule has 1 heterocycles. The van der Waals surface area contributed by atoms with E-state index in [1.165, 1.54) is 116 Å². The van der Waals surface area contributed by atoms with Gasteiger partial charge in [-0.25, -0.2) is 0 Å². The summed E-state index contributed by atoms with van der Waals surface area (Å²) >= 11 is 0. The van der Waals surface area contributed by atoms with Crippen LogP contribution in [0.4, 0.5) is 0 Å². The maximum atomic E-state index is 5.98. The van der Waals surface area contributed by atoms with Gasteiger partial charge in [0.2, 0.25) is 11.8 Å². The second kappa shape index (κ2) is 22.7. The van der Waals surface area contributed by atoms with Crippen LogP contribution in [0.3, 0.4) is 0 Å². The quantitative estimate of drug-likeness (QED) is 0.0870. The molecule has 0 saturated heterocycles. The smallest absolute Gasteiger partial charge is 0.248 e. The SMILES string of the molecule is CCCCCCCCCCCCOc1ccc(-c2nnc(-c3ccc(OCCCCCCCCCCCC)cc3)o2)cc1. The zero-order valence-corrected chi connectivity index (χ0v) is 27.3. The second-order valence-corrected chi connectivity index (χ2v) is 12.0. The van der Waals surface area contributed by atoms with Crippen molar-refractivity contribution in [2.75, 3.05) is 13.2 Å². The van der Waals surface area contributed by atoms with E-state index >= 15 is 0 Å². The third kappa shape index (κ3) is 15.0. The van der Waals surface area contributed by atoms with Gasteiger partial charge in [-0.05, 0) is 61.4 Å². The van der Waals surface area contributed by atoms with Gasteiger partial charge in [-0.15, -0.1) is 10.2 Å². The molecule has 0 bridgehead atoms. The number of hydrogen-bond donors (Lipinski definition) is 0. The number of aromatic nitrogens is 2. The summed E-state index contributed by atoms with van der Waals surface area (Å²) in [6, 6.07) is 15.9. The first-order chi connectivity index (χ1) is 21.3. The number of hydrogen-bond acceptors (Lipinski definition) is 5. The maximum absolute atomic E-state index is 5.98. The molecular formula is C38H58N2O3. The zero-order chi connectivity index (χ0) is 30.2. The number of nitrogens with zero attached hydrogens (tertiary/aromatic N) is 2. The van der Waals surface area contributed by atoms with Crippen molar-refractivity contribution >= 4 is 0 Å². The van der Waals surface area contributed by atoms with Crippen LogP contribution in [-0.2, 0) is 0 Å². The van der Waals surface area contributed by atoms with E-state index in [0.717, 1.165) is 48.7 Å². The lowest BCUT2D eigenvalue weighted by molar-refractivity contribution is 0.304. The van der Waals surface area contributed by atoms with Crippen LogP contribution in [0.15, 0.2) is 52.9 Å². The molecule has 0 radical (unpaired) electrons. The average Bonchev–Trinajstić information content (AvgIpc) is 3.53. The number of rotatable bonds is 26. The Hall–Kier alpha value is -2.82. The Labute approximate surface area is 262 Å². The van der Waals surface area contributed by atoms with Crippen LogP contribution in [-0.4, -0.2) is 23.4 Å². The fourth-order valence-corrected chi connectivity index (χ4v) is 5.40. The summed E-state index contributed by atoms with van der Waals surface area (Å²) in [6.45, 7) is 6.07. The molecule has 0 aliphatic heterocycles. The molecule has 0 spiro atoms. The lowest BCUT2D eigenvalue weighted by Crippen LogP contribution is -1.97. The third-order valence-electron chi connectivity index (χ3n) is 8.16. The van der Waals surface area contributed by atoms with E-state index in [9.17, 15) is 0 Å². The third-order valence-corrected chi connectivity index (χ3v) is 8.16. The second-order valence-electron chi connectivity index (χ2n) is 12.0. The lowest BCUT2D eigenvalue weighted by Gasteiger charge is -2.07. The van der Waals surface area contributed by atoms with Gasteiger partial charge in [0.15, 0.2) is 0 Å². The summed E-state index contributed by atoms with van der Waals surface area (Å²) < 4.78 is 17.9. The van der Waals surface area contributed by atoms with Gasteiger partial charge < -0.3 is 13.9 Å². The van der Waals surface area contributed by atoms with Crippen LogP contribution >= 0.6 is 0 Å². The number of unbranched alkanes of at least 4 members (excludes halogenated alkanes) is 18. The minimum Gasteiger partial charge on any atom is -0.494 e. The first-order valence-electron chi connectivity index (χ1n) is 17.6. The van der Waals surface area contributed by atoms with Crippen molar-refractivity contribution in [2.45, 2.75) is 142 Å². The lowest BCUT2D eigenvalue weighted by atomic mass is 10.1. The molecule has 3 rings (SSSR count). The Kier molecular flexibility index (Phi) is 18.3. The highest BCUT2D eigenvalue weighted by molar-refractivity contribution is 5.59. The first kappa shape index (κ1) is 34.7. The molecule has 238 valence electrons. The average molecular weight is 591 g/mol. The van der Waals surface area contributed by atoms with Crippen molar-refractivity contribution in [3.63, 3.8) is 0 Å². The van der Waals surface area contributed by atoms with E-state index in [2.05, 4.69) is 24.0 Å². The standard InChI is InChI=1S/C38H58N2O3/c1-3-5-7-9-11-13-15-17-19-21-31-41-35-27-23-33(24-28-35)37-39-40-38(43-37)34-25-29-36(30-26-34)42-32-22-20-18-16-14-12-10-8-6-4-2/h23-30H,3-22,31-32H2,1-2H3. The molecule has 0 amide bonds. The van der Waals surface area contributed by atoms with Crippen molar-refractivity contribution in [1.29, 1.82) is 0 Å². The monoisotopic (exact) mass is 590 g/mol. The predicted molar refractivity (Wildman–Crippen MR) is 180 cm³/mol. The van der Waals surface area contributed by atoms with E-state index < -0.39 is 0 Å².